The Morgan fingerprint density at radius 3 is 2.60 bits per heavy atom. The standard InChI is InChI=1S/C21H26N6O3/c1-5-30-12-11-26-20-22-18-17(27(20)15(3)14(2)23-26)19(28)25(21(29)24(18)4)13-16-9-7-6-8-10-16/h6-10,15H,5,11-13H2,1-4H3/t15-/m1/s1. The smallest absolute Gasteiger partial charge is 0.332 e. The van der Waals surface area contributed by atoms with Crippen LogP contribution < -0.4 is 16.3 Å². The van der Waals surface area contributed by atoms with Crippen LogP contribution in [0.1, 0.15) is 32.4 Å². The second-order valence-electron chi connectivity index (χ2n) is 7.41. The quantitative estimate of drug-likeness (QED) is 0.578. The van der Waals surface area contributed by atoms with Crippen LogP contribution in [0, 0.1) is 0 Å². The molecule has 1 atom stereocenters. The molecule has 0 aliphatic carbocycles. The number of aromatic nitrogens is 4. The van der Waals surface area contributed by atoms with Crippen LogP contribution in [0.15, 0.2) is 45.0 Å². The summed E-state index contributed by atoms with van der Waals surface area (Å²) in [6.07, 6.45) is 0. The minimum absolute atomic E-state index is 0.149. The minimum Gasteiger partial charge on any atom is -0.380 e. The van der Waals surface area contributed by atoms with E-state index >= 15 is 0 Å². The number of fused-ring (bicyclic) bond motifs is 3. The first kappa shape index (κ1) is 20.1. The van der Waals surface area contributed by atoms with Crippen LogP contribution in [0.5, 0.6) is 0 Å². The van der Waals surface area contributed by atoms with Gasteiger partial charge in [-0.2, -0.15) is 10.1 Å². The molecule has 0 amide bonds. The largest absolute Gasteiger partial charge is 0.380 e. The van der Waals surface area contributed by atoms with E-state index in [0.29, 0.717) is 36.9 Å². The molecule has 1 aliphatic heterocycles. The Balaban J connectivity index is 1.91. The third kappa shape index (κ3) is 3.24. The van der Waals surface area contributed by atoms with E-state index in [4.69, 9.17) is 4.74 Å². The van der Waals surface area contributed by atoms with Gasteiger partial charge in [-0.05, 0) is 26.3 Å². The summed E-state index contributed by atoms with van der Waals surface area (Å²) in [5, 5.41) is 6.38. The maximum atomic E-state index is 13.5. The van der Waals surface area contributed by atoms with Crippen LogP contribution >= 0.6 is 0 Å². The first-order valence-corrected chi connectivity index (χ1v) is 10.1. The van der Waals surface area contributed by atoms with E-state index in [1.807, 2.05) is 55.7 Å². The molecule has 4 rings (SSSR count). The van der Waals surface area contributed by atoms with Crippen molar-refractivity contribution in [2.24, 2.45) is 12.1 Å². The molecule has 0 unspecified atom stereocenters. The summed E-state index contributed by atoms with van der Waals surface area (Å²) >= 11 is 0. The predicted molar refractivity (Wildman–Crippen MR) is 116 cm³/mol. The molecule has 1 aromatic carbocycles. The van der Waals surface area contributed by atoms with Crippen LogP contribution in [-0.4, -0.2) is 44.2 Å². The number of hydrogen-bond donors (Lipinski definition) is 0. The van der Waals surface area contributed by atoms with Crippen molar-refractivity contribution in [3.05, 3.63) is 56.7 Å². The van der Waals surface area contributed by atoms with Gasteiger partial charge in [0.1, 0.15) is 0 Å². The molecule has 2 aromatic heterocycles. The molecule has 30 heavy (non-hydrogen) atoms. The van der Waals surface area contributed by atoms with Crippen LogP contribution in [-0.2, 0) is 18.3 Å². The summed E-state index contributed by atoms with van der Waals surface area (Å²) in [4.78, 5) is 31.1. The maximum absolute atomic E-state index is 13.5. The molecule has 0 radical (unpaired) electrons. The first-order valence-electron chi connectivity index (χ1n) is 10.1. The predicted octanol–water partition coefficient (Wildman–Crippen LogP) is 1.74. The second kappa shape index (κ2) is 7.91. The highest BCUT2D eigenvalue weighted by molar-refractivity contribution is 5.91. The number of hydrogen-bond acceptors (Lipinski definition) is 6. The van der Waals surface area contributed by atoms with E-state index in [0.717, 1.165) is 11.3 Å². The molecule has 0 saturated carbocycles. The SMILES string of the molecule is CCOCCN1N=C(C)[C@@H](C)n2c1nc1c2c(=O)n(Cc2ccccc2)c(=O)n1C. The molecular weight excluding hydrogens is 384 g/mol. The molecule has 0 saturated heterocycles. The van der Waals surface area contributed by atoms with E-state index in [9.17, 15) is 9.59 Å². The third-order valence-corrected chi connectivity index (χ3v) is 5.49. The summed E-state index contributed by atoms with van der Waals surface area (Å²) < 4.78 is 10.1. The van der Waals surface area contributed by atoms with Gasteiger partial charge in [0.25, 0.3) is 5.56 Å². The van der Waals surface area contributed by atoms with Crippen molar-refractivity contribution in [1.82, 2.24) is 18.7 Å². The number of ether oxygens (including phenoxy) is 1. The van der Waals surface area contributed by atoms with Crippen molar-refractivity contribution in [2.45, 2.75) is 33.4 Å². The van der Waals surface area contributed by atoms with Gasteiger partial charge in [0, 0.05) is 13.7 Å². The van der Waals surface area contributed by atoms with E-state index in [1.165, 1.54) is 9.13 Å². The Morgan fingerprint density at radius 2 is 1.90 bits per heavy atom. The van der Waals surface area contributed by atoms with Crippen molar-refractivity contribution in [1.29, 1.82) is 0 Å². The van der Waals surface area contributed by atoms with Gasteiger partial charge in [0.05, 0.1) is 31.4 Å². The topological polar surface area (TPSA) is 86.7 Å². The van der Waals surface area contributed by atoms with Crippen molar-refractivity contribution in [3.63, 3.8) is 0 Å². The van der Waals surface area contributed by atoms with Gasteiger partial charge in [0.15, 0.2) is 11.2 Å². The number of rotatable bonds is 6. The first-order chi connectivity index (χ1) is 14.4. The highest BCUT2D eigenvalue weighted by Crippen LogP contribution is 2.29. The van der Waals surface area contributed by atoms with Crippen LogP contribution in [0.2, 0.25) is 0 Å². The Bertz CT molecular complexity index is 1220. The lowest BCUT2D eigenvalue weighted by molar-refractivity contribution is 0.153. The normalized spacial score (nSPS) is 16.1. The molecule has 0 bridgehead atoms. The van der Waals surface area contributed by atoms with Crippen LogP contribution in [0.25, 0.3) is 11.2 Å². The average Bonchev–Trinajstić information content (AvgIpc) is 3.15. The molecule has 158 valence electrons. The second-order valence-corrected chi connectivity index (χ2v) is 7.41. The molecular formula is C21H26N6O3. The third-order valence-electron chi connectivity index (χ3n) is 5.49. The zero-order valence-electron chi connectivity index (χ0n) is 17.7. The molecule has 0 spiro atoms. The zero-order valence-corrected chi connectivity index (χ0v) is 17.7. The molecule has 3 heterocycles. The van der Waals surface area contributed by atoms with E-state index in [2.05, 4.69) is 10.1 Å². The zero-order chi connectivity index (χ0) is 21.4. The van der Waals surface area contributed by atoms with Gasteiger partial charge in [-0.1, -0.05) is 30.3 Å². The maximum Gasteiger partial charge on any atom is 0.332 e. The van der Waals surface area contributed by atoms with Crippen molar-refractivity contribution in [2.75, 3.05) is 24.8 Å². The van der Waals surface area contributed by atoms with Gasteiger partial charge in [-0.25, -0.2) is 9.80 Å². The Kier molecular flexibility index (Phi) is 5.29. The lowest BCUT2D eigenvalue weighted by Gasteiger charge is -2.29. The summed E-state index contributed by atoms with van der Waals surface area (Å²) in [6.45, 7) is 7.66. The molecule has 9 heteroatoms. The number of hydrazone groups is 1. The number of nitrogens with zero attached hydrogens (tertiary/aromatic N) is 6. The van der Waals surface area contributed by atoms with E-state index in [-0.39, 0.29) is 18.1 Å². The Morgan fingerprint density at radius 1 is 1.17 bits per heavy atom. The summed E-state index contributed by atoms with van der Waals surface area (Å²) in [7, 11) is 1.65. The number of imidazole rings is 1. The van der Waals surface area contributed by atoms with Gasteiger partial charge in [0.2, 0.25) is 5.95 Å². The Labute approximate surface area is 173 Å². The number of anilines is 1. The Hall–Kier alpha value is -3.20. The van der Waals surface area contributed by atoms with Crippen molar-refractivity contribution >= 4 is 22.8 Å². The molecule has 0 N–H and O–H groups in total. The molecule has 0 fully saturated rings. The molecule has 1 aliphatic rings. The van der Waals surface area contributed by atoms with Crippen molar-refractivity contribution < 1.29 is 4.74 Å². The lowest BCUT2D eigenvalue weighted by atomic mass is 10.2. The highest BCUT2D eigenvalue weighted by atomic mass is 16.5. The fourth-order valence-corrected chi connectivity index (χ4v) is 3.73. The van der Waals surface area contributed by atoms with Crippen LogP contribution in [0.3, 0.4) is 0 Å². The van der Waals surface area contributed by atoms with E-state index < -0.39 is 5.69 Å². The average molecular weight is 410 g/mol. The molecule has 3 aromatic rings. The number of benzene rings is 1. The van der Waals surface area contributed by atoms with Crippen LogP contribution in [0.4, 0.5) is 5.95 Å². The van der Waals surface area contributed by atoms with Gasteiger partial charge >= 0.3 is 5.69 Å². The fourth-order valence-electron chi connectivity index (χ4n) is 3.73. The van der Waals surface area contributed by atoms with Gasteiger partial charge in [-0.15, -0.1) is 0 Å². The van der Waals surface area contributed by atoms with E-state index in [1.54, 1.807) is 12.1 Å². The van der Waals surface area contributed by atoms with Gasteiger partial charge in [-0.3, -0.25) is 18.5 Å². The van der Waals surface area contributed by atoms with Crippen molar-refractivity contribution in [3.8, 4) is 0 Å². The summed E-state index contributed by atoms with van der Waals surface area (Å²) in [5.41, 5.74) is 1.79. The molecule has 9 nitrogen and oxygen atoms in total. The summed E-state index contributed by atoms with van der Waals surface area (Å²) in [6, 6.07) is 9.34. The fraction of sp³-hybridized carbons (Fsp3) is 0.429. The monoisotopic (exact) mass is 410 g/mol. The summed E-state index contributed by atoms with van der Waals surface area (Å²) in [5.74, 6) is 0.548. The number of aryl methyl sites for hydroxylation is 1. The highest BCUT2D eigenvalue weighted by Gasteiger charge is 2.30. The minimum atomic E-state index is -0.391. The lowest BCUT2D eigenvalue weighted by Crippen LogP contribution is -2.40. The van der Waals surface area contributed by atoms with Gasteiger partial charge < -0.3 is 4.74 Å².